The van der Waals surface area contributed by atoms with Crippen LogP contribution in [0.1, 0.15) is 0 Å². The highest BCUT2D eigenvalue weighted by molar-refractivity contribution is 6.26. The summed E-state index contributed by atoms with van der Waals surface area (Å²) in [5.41, 5.74) is 12.8. The van der Waals surface area contributed by atoms with Gasteiger partial charge in [0.2, 0.25) is 0 Å². The summed E-state index contributed by atoms with van der Waals surface area (Å²) < 4.78 is 13.5. The largest absolute Gasteiger partial charge is 0.455 e. The number of fused-ring (bicyclic) bond motifs is 8. The van der Waals surface area contributed by atoms with Crippen molar-refractivity contribution in [1.82, 2.24) is 0 Å². The molecule has 2 heteroatoms. The lowest BCUT2D eigenvalue weighted by atomic mass is 9.84. The van der Waals surface area contributed by atoms with Gasteiger partial charge in [0.05, 0.1) is 0 Å². The van der Waals surface area contributed by atoms with Crippen molar-refractivity contribution < 1.29 is 8.83 Å². The number of furan rings is 2. The summed E-state index contributed by atoms with van der Waals surface area (Å²) in [4.78, 5) is 0. The highest BCUT2D eigenvalue weighted by atomic mass is 16.3. The number of hydrogen-bond acceptors (Lipinski definition) is 2. The van der Waals surface area contributed by atoms with Crippen LogP contribution in [0, 0.1) is 0 Å². The maximum Gasteiger partial charge on any atom is 0.143 e. The Morgan fingerprint density at radius 1 is 0.250 bits per heavy atom. The zero-order valence-electron chi connectivity index (χ0n) is 28.1. The minimum absolute atomic E-state index is 0.867. The Kier molecular flexibility index (Phi) is 6.28. The number of benzene rings is 9. The van der Waals surface area contributed by atoms with Crippen molar-refractivity contribution in [3.63, 3.8) is 0 Å². The molecule has 9 aromatic carbocycles. The standard InChI is InChI=1S/C50H30O2/c1-2-13-31(14-3-1)32-25-27-33(28-26-32)46-35-16-4-6-18-37(35)47(38-19-7-5-17-36(38)46)43-30-29-39(48-42-20-9-11-24-45(42)52-50(43)48)41-22-12-21-40-34-15-8-10-23-44(34)51-49(40)41/h1-30H. The van der Waals surface area contributed by atoms with Crippen molar-refractivity contribution >= 4 is 65.4 Å². The Bertz CT molecular complexity index is 3100. The lowest BCUT2D eigenvalue weighted by molar-refractivity contribution is 0.669. The van der Waals surface area contributed by atoms with Crippen molar-refractivity contribution in [2.75, 3.05) is 0 Å². The van der Waals surface area contributed by atoms with E-state index < -0.39 is 0 Å². The van der Waals surface area contributed by atoms with E-state index >= 15 is 0 Å². The molecule has 0 radical (unpaired) electrons. The Hall–Kier alpha value is -6.90. The first-order valence-electron chi connectivity index (χ1n) is 17.8. The average molecular weight is 663 g/mol. The van der Waals surface area contributed by atoms with Gasteiger partial charge in [0.15, 0.2) is 0 Å². The molecule has 11 rings (SSSR count). The van der Waals surface area contributed by atoms with Gasteiger partial charge < -0.3 is 8.83 Å². The summed E-state index contributed by atoms with van der Waals surface area (Å²) in [5.74, 6) is 0. The van der Waals surface area contributed by atoms with E-state index in [0.717, 1.165) is 60.6 Å². The molecule has 0 fully saturated rings. The van der Waals surface area contributed by atoms with Gasteiger partial charge in [-0.2, -0.15) is 0 Å². The molecular weight excluding hydrogens is 633 g/mol. The lowest BCUT2D eigenvalue weighted by Crippen LogP contribution is -1.92. The molecule has 0 atom stereocenters. The van der Waals surface area contributed by atoms with Crippen molar-refractivity contribution in [3.8, 4) is 44.5 Å². The Balaban J connectivity index is 1.20. The predicted molar refractivity (Wildman–Crippen MR) is 218 cm³/mol. The third kappa shape index (κ3) is 4.25. The minimum Gasteiger partial charge on any atom is -0.455 e. The first kappa shape index (κ1) is 28.9. The summed E-state index contributed by atoms with van der Waals surface area (Å²) in [6.07, 6.45) is 0. The van der Waals surface area contributed by atoms with Crippen molar-refractivity contribution in [1.29, 1.82) is 0 Å². The second-order valence-electron chi connectivity index (χ2n) is 13.5. The molecule has 2 nitrogen and oxygen atoms in total. The predicted octanol–water partition coefficient (Wildman–Crippen LogP) is 14.5. The van der Waals surface area contributed by atoms with E-state index in [1.54, 1.807) is 0 Å². The molecule has 0 N–H and O–H groups in total. The topological polar surface area (TPSA) is 26.3 Å². The fourth-order valence-electron chi connectivity index (χ4n) is 8.40. The third-order valence-corrected chi connectivity index (χ3v) is 10.7. The summed E-state index contributed by atoms with van der Waals surface area (Å²) in [6, 6.07) is 64.9. The van der Waals surface area contributed by atoms with E-state index in [4.69, 9.17) is 8.83 Å². The molecule has 11 aromatic rings. The summed E-state index contributed by atoms with van der Waals surface area (Å²) in [5, 5.41) is 9.23. The fraction of sp³-hybridized carbons (Fsp3) is 0. The molecule has 0 spiro atoms. The van der Waals surface area contributed by atoms with Crippen LogP contribution in [-0.4, -0.2) is 0 Å². The molecule has 2 heterocycles. The van der Waals surface area contributed by atoms with Crippen LogP contribution in [0.2, 0.25) is 0 Å². The molecule has 0 bridgehead atoms. The monoisotopic (exact) mass is 662 g/mol. The summed E-state index contributed by atoms with van der Waals surface area (Å²) in [7, 11) is 0. The summed E-state index contributed by atoms with van der Waals surface area (Å²) in [6.45, 7) is 0. The molecule has 0 aliphatic heterocycles. The van der Waals surface area contributed by atoms with Gasteiger partial charge in [0.25, 0.3) is 0 Å². The van der Waals surface area contributed by atoms with Crippen LogP contribution >= 0.6 is 0 Å². The van der Waals surface area contributed by atoms with Gasteiger partial charge in [0, 0.05) is 38.2 Å². The zero-order valence-corrected chi connectivity index (χ0v) is 28.1. The molecule has 0 saturated heterocycles. The quantitative estimate of drug-likeness (QED) is 0.175. The second kappa shape index (κ2) is 11.3. The number of rotatable bonds is 4. The van der Waals surface area contributed by atoms with E-state index in [0.29, 0.717) is 0 Å². The third-order valence-electron chi connectivity index (χ3n) is 10.7. The maximum absolute atomic E-state index is 6.91. The summed E-state index contributed by atoms with van der Waals surface area (Å²) >= 11 is 0. The normalized spacial score (nSPS) is 11.8. The minimum atomic E-state index is 0.867. The molecule has 2 aromatic heterocycles. The van der Waals surface area contributed by atoms with E-state index in [9.17, 15) is 0 Å². The van der Waals surface area contributed by atoms with E-state index in [1.165, 1.54) is 49.4 Å². The molecule has 0 aliphatic rings. The highest BCUT2D eigenvalue weighted by Gasteiger charge is 2.23. The molecule has 0 aliphatic carbocycles. The van der Waals surface area contributed by atoms with Gasteiger partial charge in [0.1, 0.15) is 22.3 Å². The van der Waals surface area contributed by atoms with Crippen LogP contribution in [0.15, 0.2) is 191 Å². The van der Waals surface area contributed by atoms with Crippen molar-refractivity contribution in [2.24, 2.45) is 0 Å². The zero-order chi connectivity index (χ0) is 34.2. The smallest absolute Gasteiger partial charge is 0.143 e. The molecule has 52 heavy (non-hydrogen) atoms. The van der Waals surface area contributed by atoms with Crippen LogP contribution < -0.4 is 0 Å². The Labute approximate surface area is 299 Å². The van der Waals surface area contributed by atoms with Gasteiger partial charge >= 0.3 is 0 Å². The lowest BCUT2D eigenvalue weighted by Gasteiger charge is -2.18. The SMILES string of the molecule is c1ccc(-c2ccc(-c3c4ccccc4c(-c4ccc(-c5cccc6c5oc5ccccc56)c5c4oc4ccccc45)c4ccccc34)cc2)cc1. The van der Waals surface area contributed by atoms with Crippen molar-refractivity contribution in [2.45, 2.75) is 0 Å². The van der Waals surface area contributed by atoms with Crippen LogP contribution in [0.3, 0.4) is 0 Å². The van der Waals surface area contributed by atoms with E-state index in [2.05, 4.69) is 164 Å². The Morgan fingerprint density at radius 2 is 0.731 bits per heavy atom. The van der Waals surface area contributed by atoms with Gasteiger partial charge in [-0.1, -0.05) is 164 Å². The first-order chi connectivity index (χ1) is 25.8. The molecule has 242 valence electrons. The van der Waals surface area contributed by atoms with Gasteiger partial charge in [-0.15, -0.1) is 0 Å². The number of hydrogen-bond donors (Lipinski definition) is 0. The molecular formula is C50H30O2. The van der Waals surface area contributed by atoms with E-state index in [1.807, 2.05) is 18.2 Å². The number of para-hydroxylation sites is 3. The van der Waals surface area contributed by atoms with Gasteiger partial charge in [-0.25, -0.2) is 0 Å². The van der Waals surface area contributed by atoms with Crippen molar-refractivity contribution in [3.05, 3.63) is 182 Å². The molecule has 0 amide bonds. The Morgan fingerprint density at radius 3 is 1.42 bits per heavy atom. The van der Waals surface area contributed by atoms with Crippen LogP contribution in [0.25, 0.3) is 110 Å². The maximum atomic E-state index is 6.91. The van der Waals surface area contributed by atoms with Crippen LogP contribution in [-0.2, 0) is 0 Å². The average Bonchev–Trinajstić information content (AvgIpc) is 3.80. The fourth-order valence-corrected chi connectivity index (χ4v) is 8.40. The van der Waals surface area contributed by atoms with E-state index in [-0.39, 0.29) is 0 Å². The molecule has 0 unspecified atom stereocenters. The first-order valence-corrected chi connectivity index (χ1v) is 17.8. The van der Waals surface area contributed by atoms with Gasteiger partial charge in [-0.3, -0.25) is 0 Å². The molecule has 0 saturated carbocycles. The van der Waals surface area contributed by atoms with Crippen LogP contribution in [0.5, 0.6) is 0 Å². The van der Waals surface area contributed by atoms with Crippen LogP contribution in [0.4, 0.5) is 0 Å². The second-order valence-corrected chi connectivity index (χ2v) is 13.5. The highest BCUT2D eigenvalue weighted by Crippen LogP contribution is 2.49. The van der Waals surface area contributed by atoms with Gasteiger partial charge in [-0.05, 0) is 67.6 Å².